The number of nitrogens with two attached hydrogens (primary N) is 1. The molecule has 0 unspecified atom stereocenters. The lowest BCUT2D eigenvalue weighted by Gasteiger charge is -2.04. The Labute approximate surface area is 122 Å². The molecule has 3 aromatic rings. The zero-order valence-corrected chi connectivity index (χ0v) is 11.7. The zero-order valence-electron chi connectivity index (χ0n) is 10.8. The van der Waals surface area contributed by atoms with Gasteiger partial charge in [-0.15, -0.1) is 0 Å². The normalized spacial score (nSPS) is 12.0. The third-order valence-electron chi connectivity index (χ3n) is 2.58. The highest BCUT2D eigenvalue weighted by Crippen LogP contribution is 2.27. The van der Waals surface area contributed by atoms with E-state index in [0.717, 1.165) is 0 Å². The van der Waals surface area contributed by atoms with Gasteiger partial charge in [-0.2, -0.15) is 0 Å². The van der Waals surface area contributed by atoms with Crippen molar-refractivity contribution in [1.82, 2.24) is 29.9 Å². The Balaban J connectivity index is 2.02. The van der Waals surface area contributed by atoms with Crippen LogP contribution in [0.15, 0.2) is 34.1 Å². The predicted molar refractivity (Wildman–Crippen MR) is 75.1 cm³/mol. The summed E-state index contributed by atoms with van der Waals surface area (Å²) < 4.78 is 0. The fraction of sp³-hybridized carbons (Fsp3) is 0.0909. The molecule has 0 aliphatic heterocycles. The Hall–Kier alpha value is -2.75. The highest BCUT2D eigenvalue weighted by Gasteiger charge is 2.12. The molecule has 0 fully saturated rings. The quantitative estimate of drug-likeness (QED) is 0.160. The number of imidazole rings is 1. The van der Waals surface area contributed by atoms with E-state index in [1.54, 1.807) is 19.3 Å². The number of nitrogens with zero attached hydrogens (tertiary/aromatic N) is 6. The molecule has 0 radical (unpaired) electrons. The fourth-order valence-electron chi connectivity index (χ4n) is 1.68. The Morgan fingerprint density at radius 2 is 2.19 bits per heavy atom. The molecule has 0 aliphatic rings. The number of H-pyrrole nitrogens is 1. The van der Waals surface area contributed by atoms with Crippen LogP contribution in [0, 0.1) is 6.92 Å². The predicted octanol–water partition coefficient (Wildman–Crippen LogP) is 0.697. The Morgan fingerprint density at radius 1 is 1.33 bits per heavy atom. The summed E-state index contributed by atoms with van der Waals surface area (Å²) in [5, 5.41) is 12.8. The largest absolute Gasteiger partial charge is 0.409 e. The maximum Gasteiger partial charge on any atom is 0.194 e. The van der Waals surface area contributed by atoms with E-state index >= 15 is 0 Å². The van der Waals surface area contributed by atoms with Crippen LogP contribution >= 0.6 is 11.8 Å². The number of aromatic amines is 1. The first-order chi connectivity index (χ1) is 10.2. The molecule has 0 spiro atoms. The van der Waals surface area contributed by atoms with Gasteiger partial charge in [0, 0.05) is 5.69 Å². The van der Waals surface area contributed by atoms with Gasteiger partial charge < -0.3 is 15.9 Å². The van der Waals surface area contributed by atoms with Crippen LogP contribution in [0.4, 0.5) is 0 Å². The minimum Gasteiger partial charge on any atom is -0.409 e. The maximum atomic E-state index is 8.74. The summed E-state index contributed by atoms with van der Waals surface area (Å²) in [5.41, 5.74) is 7.88. The topological polar surface area (TPSA) is 139 Å². The van der Waals surface area contributed by atoms with Crippen LogP contribution in [0.2, 0.25) is 0 Å². The lowest BCUT2D eigenvalue weighted by Crippen LogP contribution is -2.16. The average Bonchev–Trinajstić information content (AvgIpc) is 2.95. The van der Waals surface area contributed by atoms with Crippen LogP contribution in [-0.2, 0) is 0 Å². The molecule has 3 aromatic heterocycles. The lowest BCUT2D eigenvalue weighted by molar-refractivity contribution is 0.318. The zero-order chi connectivity index (χ0) is 14.8. The maximum absolute atomic E-state index is 8.74. The van der Waals surface area contributed by atoms with Crippen molar-refractivity contribution in [3.8, 4) is 0 Å². The number of fused-ring (bicyclic) bond motifs is 1. The van der Waals surface area contributed by atoms with Crippen LogP contribution in [0.3, 0.4) is 0 Å². The molecule has 3 heterocycles. The van der Waals surface area contributed by atoms with E-state index in [1.165, 1.54) is 18.1 Å². The van der Waals surface area contributed by atoms with Gasteiger partial charge in [-0.1, -0.05) is 5.16 Å². The SMILES string of the molecule is Cc1cc(/C(N)=N/O)nc(Sc2ncnc3nc[nH]c23)n1. The van der Waals surface area contributed by atoms with E-state index in [1.807, 2.05) is 0 Å². The molecule has 0 saturated carbocycles. The minimum atomic E-state index is -0.0725. The Morgan fingerprint density at radius 3 is 3.00 bits per heavy atom. The molecule has 9 nitrogen and oxygen atoms in total. The molecular weight excluding hydrogens is 292 g/mol. The molecule has 3 rings (SSSR count). The molecule has 0 atom stereocenters. The van der Waals surface area contributed by atoms with Crippen LogP contribution < -0.4 is 5.73 Å². The van der Waals surface area contributed by atoms with Crippen LogP contribution in [0.1, 0.15) is 11.4 Å². The molecule has 0 saturated heterocycles. The molecule has 106 valence electrons. The number of hydrogen-bond acceptors (Lipinski definition) is 8. The fourth-order valence-corrected chi connectivity index (χ4v) is 2.53. The molecule has 4 N–H and O–H groups in total. The number of amidine groups is 1. The first kappa shape index (κ1) is 13.2. The van der Waals surface area contributed by atoms with Gasteiger partial charge in [-0.05, 0) is 24.8 Å². The number of aryl methyl sites for hydroxylation is 1. The summed E-state index contributed by atoms with van der Waals surface area (Å²) in [6, 6.07) is 1.63. The number of aromatic nitrogens is 6. The summed E-state index contributed by atoms with van der Waals surface area (Å²) in [5.74, 6) is -0.0725. The Kier molecular flexibility index (Phi) is 3.36. The van der Waals surface area contributed by atoms with Gasteiger partial charge in [0.25, 0.3) is 0 Å². The van der Waals surface area contributed by atoms with Crippen molar-refractivity contribution in [2.45, 2.75) is 17.1 Å². The van der Waals surface area contributed by atoms with Crippen molar-refractivity contribution in [3.05, 3.63) is 30.1 Å². The third-order valence-corrected chi connectivity index (χ3v) is 3.45. The van der Waals surface area contributed by atoms with Crippen LogP contribution in [0.5, 0.6) is 0 Å². The molecular formula is C11H10N8OS. The number of oxime groups is 1. The van der Waals surface area contributed by atoms with E-state index in [0.29, 0.717) is 32.7 Å². The summed E-state index contributed by atoms with van der Waals surface area (Å²) in [6.07, 6.45) is 2.97. The number of rotatable bonds is 3. The molecule has 0 aromatic carbocycles. The highest BCUT2D eigenvalue weighted by atomic mass is 32.2. The summed E-state index contributed by atoms with van der Waals surface area (Å²) in [4.78, 5) is 23.8. The van der Waals surface area contributed by atoms with Crippen LogP contribution in [-0.4, -0.2) is 40.9 Å². The van der Waals surface area contributed by atoms with Crippen LogP contribution in [0.25, 0.3) is 11.2 Å². The first-order valence-corrected chi connectivity index (χ1v) is 6.64. The second kappa shape index (κ2) is 5.32. The van der Waals surface area contributed by atoms with E-state index in [-0.39, 0.29) is 5.84 Å². The van der Waals surface area contributed by atoms with Crippen molar-refractivity contribution in [1.29, 1.82) is 0 Å². The summed E-state index contributed by atoms with van der Waals surface area (Å²) >= 11 is 1.24. The van der Waals surface area contributed by atoms with Crippen molar-refractivity contribution < 1.29 is 5.21 Å². The molecule has 21 heavy (non-hydrogen) atoms. The number of hydrogen-bond donors (Lipinski definition) is 3. The van der Waals surface area contributed by atoms with Gasteiger partial charge in [0.1, 0.15) is 22.6 Å². The van der Waals surface area contributed by atoms with Crippen molar-refractivity contribution in [3.63, 3.8) is 0 Å². The highest BCUT2D eigenvalue weighted by molar-refractivity contribution is 7.99. The molecule has 0 amide bonds. The van der Waals surface area contributed by atoms with Gasteiger partial charge in [-0.3, -0.25) is 0 Å². The van der Waals surface area contributed by atoms with Gasteiger partial charge in [0.15, 0.2) is 16.6 Å². The molecule has 0 aliphatic carbocycles. The number of nitrogens with one attached hydrogen (secondary N) is 1. The van der Waals surface area contributed by atoms with Gasteiger partial charge in [-0.25, -0.2) is 24.9 Å². The second-order valence-electron chi connectivity index (χ2n) is 4.04. The van der Waals surface area contributed by atoms with Crippen molar-refractivity contribution in [2.24, 2.45) is 10.9 Å². The minimum absolute atomic E-state index is 0.0725. The van der Waals surface area contributed by atoms with Gasteiger partial charge in [0.2, 0.25) is 0 Å². The van der Waals surface area contributed by atoms with Gasteiger partial charge in [0.05, 0.1) is 6.33 Å². The van der Waals surface area contributed by atoms with E-state index in [9.17, 15) is 0 Å². The standard InChI is InChI=1S/C11H10N8OS/c1-5-2-6(8(12)19-20)18-11(17-5)21-10-7-9(14-3-13-7)15-4-16-10/h2-4,20H,1H3,(H2,12,19)(H,13,14,15,16). The smallest absolute Gasteiger partial charge is 0.194 e. The molecule has 10 heteroatoms. The van der Waals surface area contributed by atoms with E-state index < -0.39 is 0 Å². The van der Waals surface area contributed by atoms with E-state index in [2.05, 4.69) is 35.1 Å². The second-order valence-corrected chi connectivity index (χ2v) is 5.00. The average molecular weight is 302 g/mol. The third kappa shape index (κ3) is 2.60. The monoisotopic (exact) mass is 302 g/mol. The molecule has 0 bridgehead atoms. The van der Waals surface area contributed by atoms with Crippen molar-refractivity contribution in [2.75, 3.05) is 0 Å². The van der Waals surface area contributed by atoms with Crippen molar-refractivity contribution >= 4 is 28.8 Å². The van der Waals surface area contributed by atoms with E-state index in [4.69, 9.17) is 10.9 Å². The Bertz CT molecular complexity index is 830. The summed E-state index contributed by atoms with van der Waals surface area (Å²) in [7, 11) is 0. The first-order valence-electron chi connectivity index (χ1n) is 5.83. The lowest BCUT2D eigenvalue weighted by atomic mass is 10.3. The summed E-state index contributed by atoms with van der Waals surface area (Å²) in [6.45, 7) is 1.80. The van der Waals surface area contributed by atoms with Gasteiger partial charge >= 0.3 is 0 Å².